The Hall–Kier alpha value is -2.92. The van der Waals surface area contributed by atoms with Crippen LogP contribution in [-0.4, -0.2) is 66.9 Å². The van der Waals surface area contributed by atoms with Gasteiger partial charge in [0.1, 0.15) is 5.82 Å². The van der Waals surface area contributed by atoms with Gasteiger partial charge in [-0.3, -0.25) is 19.3 Å². The zero-order valence-electron chi connectivity index (χ0n) is 21.1. The van der Waals surface area contributed by atoms with E-state index in [2.05, 4.69) is 15.5 Å². The number of aryl methyl sites for hydroxylation is 1. The number of hydrogen-bond acceptors (Lipinski definition) is 9. The van der Waals surface area contributed by atoms with E-state index >= 15 is 0 Å². The van der Waals surface area contributed by atoms with Crippen molar-refractivity contribution < 1.29 is 23.5 Å². The van der Waals surface area contributed by atoms with Gasteiger partial charge in [0.15, 0.2) is 16.7 Å². The molecule has 0 N–H and O–H groups in total. The third-order valence-corrected chi connectivity index (χ3v) is 7.69. The van der Waals surface area contributed by atoms with E-state index < -0.39 is 11.9 Å². The van der Waals surface area contributed by atoms with Crippen LogP contribution in [-0.2, 0) is 25.7 Å². The summed E-state index contributed by atoms with van der Waals surface area (Å²) in [5.74, 6) is -0.140. The fourth-order valence-electron chi connectivity index (χ4n) is 4.64. The molecule has 2 heterocycles. The Morgan fingerprint density at radius 3 is 2.73 bits per heavy atom. The molecule has 0 radical (unpaired) electrons. The molecule has 2 aromatic rings. The second-order valence-corrected chi connectivity index (χ2v) is 10.7. The van der Waals surface area contributed by atoms with Crippen molar-refractivity contribution >= 4 is 34.7 Å². The van der Waals surface area contributed by atoms with Gasteiger partial charge >= 0.3 is 5.97 Å². The normalized spacial score (nSPS) is 20.1. The molecule has 198 valence electrons. The zero-order chi connectivity index (χ0) is 26.4. The van der Waals surface area contributed by atoms with Crippen LogP contribution in [0.15, 0.2) is 29.8 Å². The maximum atomic E-state index is 14.9. The lowest BCUT2D eigenvalue weighted by molar-refractivity contribution is -0.143. The van der Waals surface area contributed by atoms with Crippen molar-refractivity contribution in [2.45, 2.75) is 63.8 Å². The van der Waals surface area contributed by atoms with E-state index in [0.717, 1.165) is 18.4 Å². The monoisotopic (exact) mass is 529 g/mol. The quantitative estimate of drug-likeness (QED) is 0.403. The molecule has 1 aliphatic carbocycles. The summed E-state index contributed by atoms with van der Waals surface area (Å²) in [6, 6.07) is 5.78. The van der Waals surface area contributed by atoms with E-state index in [1.165, 1.54) is 24.8 Å². The lowest BCUT2D eigenvalue weighted by Crippen LogP contribution is -2.43. The van der Waals surface area contributed by atoms with Crippen LogP contribution >= 0.6 is 11.8 Å². The molecule has 2 unspecified atom stereocenters. The number of likely N-dealkylation sites (tertiary alicyclic amines) is 1. The van der Waals surface area contributed by atoms with E-state index in [1.807, 2.05) is 11.0 Å². The molecule has 2 aliphatic rings. The number of carbonyl (C=O) groups is 3. The summed E-state index contributed by atoms with van der Waals surface area (Å²) in [4.78, 5) is 39.0. The number of thioether (sulfide) groups is 1. The third kappa shape index (κ3) is 7.10. The zero-order valence-corrected chi connectivity index (χ0v) is 22.0. The topological polar surface area (TPSA) is 107 Å². The summed E-state index contributed by atoms with van der Waals surface area (Å²) >= 11 is 1.25. The van der Waals surface area contributed by atoms with Crippen LogP contribution in [0, 0.1) is 11.7 Å². The van der Waals surface area contributed by atoms with Crippen LogP contribution in [0.5, 0.6) is 0 Å². The Morgan fingerprint density at radius 2 is 2.03 bits per heavy atom. The number of carbonyl (C=O) groups excluding carboxylic acids is 3. The van der Waals surface area contributed by atoms with Crippen LogP contribution in [0.25, 0.3) is 6.08 Å². The van der Waals surface area contributed by atoms with Gasteiger partial charge in [-0.1, -0.05) is 30.0 Å². The number of aromatic nitrogens is 4. The number of hydrogen-bond donors (Lipinski definition) is 0. The summed E-state index contributed by atoms with van der Waals surface area (Å²) in [5.41, 5.74) is 1.29. The fraction of sp³-hybridized carbons (Fsp3) is 0.538. The molecular formula is C26H32FN5O4S. The summed E-state index contributed by atoms with van der Waals surface area (Å²) in [6.07, 6.45) is 4.94. The molecule has 37 heavy (non-hydrogen) atoms. The average molecular weight is 530 g/mol. The first-order valence-corrected chi connectivity index (χ1v) is 13.6. The van der Waals surface area contributed by atoms with Gasteiger partial charge in [0.05, 0.1) is 12.6 Å². The first kappa shape index (κ1) is 27.1. The number of halogens is 1. The van der Waals surface area contributed by atoms with Crippen molar-refractivity contribution in [1.29, 1.82) is 0 Å². The first-order valence-electron chi connectivity index (χ1n) is 12.7. The maximum absolute atomic E-state index is 14.9. The van der Waals surface area contributed by atoms with Crippen molar-refractivity contribution in [1.82, 2.24) is 25.1 Å². The molecule has 0 spiro atoms. The minimum Gasteiger partial charge on any atom is -0.466 e. The van der Waals surface area contributed by atoms with Gasteiger partial charge in [0.25, 0.3) is 0 Å². The number of tetrazole rings is 1. The molecule has 0 bridgehead atoms. The Labute approximate surface area is 219 Å². The van der Waals surface area contributed by atoms with Gasteiger partial charge < -0.3 is 4.74 Å². The predicted molar refractivity (Wildman–Crippen MR) is 137 cm³/mol. The molecule has 1 aliphatic heterocycles. The standard InChI is InChI=1S/C26H32FN5O4S/c1-3-36-24(34)9-6-13-32-23(28-29-30-32)15-19-16-31(14-12-22(19)37-17(2)33)25(26(35)18-10-11-18)20-7-4-5-8-21(20)27/h4-5,7-8,15,18,22,25H,3,6,9-14,16H2,1-2H3/b19-15+. The summed E-state index contributed by atoms with van der Waals surface area (Å²) in [7, 11) is 0. The molecule has 1 aromatic heterocycles. The molecule has 4 rings (SSSR count). The van der Waals surface area contributed by atoms with Gasteiger partial charge in [-0.15, -0.1) is 5.10 Å². The molecule has 1 aromatic carbocycles. The number of ketones is 1. The number of rotatable bonds is 11. The highest BCUT2D eigenvalue weighted by molar-refractivity contribution is 8.14. The summed E-state index contributed by atoms with van der Waals surface area (Å²) in [6.45, 7) is 5.01. The van der Waals surface area contributed by atoms with Gasteiger partial charge in [0.2, 0.25) is 0 Å². The molecule has 1 saturated carbocycles. The molecule has 9 nitrogen and oxygen atoms in total. The minimum atomic E-state index is -0.680. The van der Waals surface area contributed by atoms with Crippen molar-refractivity contribution in [2.24, 2.45) is 5.92 Å². The number of ether oxygens (including phenoxy) is 1. The Morgan fingerprint density at radius 1 is 1.24 bits per heavy atom. The smallest absolute Gasteiger partial charge is 0.305 e. The molecule has 2 atom stereocenters. The first-order chi connectivity index (χ1) is 17.9. The third-order valence-electron chi connectivity index (χ3n) is 6.53. The number of Topliss-reactive ketones (excluding diaryl/α,β-unsaturated/α-hetero) is 1. The fourth-order valence-corrected chi connectivity index (χ4v) is 5.56. The van der Waals surface area contributed by atoms with Crippen LogP contribution in [0.1, 0.15) is 63.4 Å². The van der Waals surface area contributed by atoms with Crippen LogP contribution in [0.4, 0.5) is 4.39 Å². The molecule has 0 amide bonds. The summed E-state index contributed by atoms with van der Waals surface area (Å²) < 4.78 is 21.5. The van der Waals surface area contributed by atoms with Crippen molar-refractivity contribution in [3.63, 3.8) is 0 Å². The van der Waals surface area contributed by atoms with Gasteiger partial charge in [-0.25, -0.2) is 9.07 Å². The van der Waals surface area contributed by atoms with E-state index in [9.17, 15) is 18.8 Å². The van der Waals surface area contributed by atoms with Gasteiger partial charge in [-0.05, 0) is 60.7 Å². The highest BCUT2D eigenvalue weighted by Crippen LogP contribution is 2.40. The van der Waals surface area contributed by atoms with Crippen molar-refractivity contribution in [2.75, 3.05) is 19.7 Å². The molecule has 1 saturated heterocycles. The largest absolute Gasteiger partial charge is 0.466 e. The number of benzene rings is 1. The predicted octanol–water partition coefficient (Wildman–Crippen LogP) is 3.61. The second-order valence-electron chi connectivity index (χ2n) is 9.35. The Kier molecular flexibility index (Phi) is 9.20. The molecule has 2 fully saturated rings. The van der Waals surface area contributed by atoms with E-state index in [1.54, 1.807) is 29.8 Å². The van der Waals surface area contributed by atoms with Crippen LogP contribution in [0.3, 0.4) is 0 Å². The van der Waals surface area contributed by atoms with Crippen LogP contribution in [0.2, 0.25) is 0 Å². The second kappa shape index (κ2) is 12.6. The Balaban J connectivity index is 1.58. The van der Waals surface area contributed by atoms with Gasteiger partial charge in [0, 0.05) is 49.7 Å². The van der Waals surface area contributed by atoms with Crippen LogP contribution < -0.4 is 0 Å². The van der Waals surface area contributed by atoms with E-state index in [-0.39, 0.29) is 34.5 Å². The van der Waals surface area contributed by atoms with Crippen molar-refractivity contribution in [3.05, 3.63) is 47.0 Å². The lowest BCUT2D eigenvalue weighted by Gasteiger charge is -2.38. The average Bonchev–Trinajstić information content (AvgIpc) is 3.63. The highest BCUT2D eigenvalue weighted by Gasteiger charge is 2.41. The van der Waals surface area contributed by atoms with E-state index in [0.29, 0.717) is 50.5 Å². The summed E-state index contributed by atoms with van der Waals surface area (Å²) in [5, 5.41) is 11.9. The maximum Gasteiger partial charge on any atom is 0.305 e. The number of esters is 1. The highest BCUT2D eigenvalue weighted by atomic mass is 32.2. The Bertz CT molecular complexity index is 1170. The lowest BCUT2D eigenvalue weighted by atomic mass is 9.93. The van der Waals surface area contributed by atoms with Gasteiger partial charge in [-0.2, -0.15) is 0 Å². The SMILES string of the molecule is CCOC(=O)CCCn1nnnc1/C=C1\CN(C(C(=O)C2CC2)c2ccccc2F)CCC1SC(C)=O. The molecule has 11 heteroatoms. The number of piperidine rings is 1. The number of nitrogens with zero attached hydrogens (tertiary/aromatic N) is 5. The molecular weight excluding hydrogens is 497 g/mol. The van der Waals surface area contributed by atoms with E-state index in [4.69, 9.17) is 4.74 Å². The van der Waals surface area contributed by atoms with Crippen molar-refractivity contribution in [3.8, 4) is 0 Å². The minimum absolute atomic E-state index is 0.00177.